The standard InChI is InChI=1S/C11H16N4/c1-3-4-11-12-6-8-15(11)9-10-5-7-14(2)13-10/h5-8H,3-4,9H2,1-2H3. The molecular formula is C11H16N4. The average Bonchev–Trinajstić information content (AvgIpc) is 2.78. The van der Waals surface area contributed by atoms with Gasteiger partial charge in [0, 0.05) is 32.1 Å². The van der Waals surface area contributed by atoms with Gasteiger partial charge in [-0.3, -0.25) is 4.68 Å². The van der Waals surface area contributed by atoms with Crippen molar-refractivity contribution in [1.29, 1.82) is 0 Å². The van der Waals surface area contributed by atoms with Crippen molar-refractivity contribution in [2.45, 2.75) is 26.3 Å². The van der Waals surface area contributed by atoms with Crippen LogP contribution < -0.4 is 0 Å². The van der Waals surface area contributed by atoms with Crippen LogP contribution in [0.3, 0.4) is 0 Å². The van der Waals surface area contributed by atoms with E-state index in [1.54, 1.807) is 0 Å². The fourth-order valence-corrected chi connectivity index (χ4v) is 1.66. The molecule has 2 heterocycles. The van der Waals surface area contributed by atoms with Crippen LogP contribution in [0.1, 0.15) is 24.9 Å². The molecule has 0 spiro atoms. The predicted octanol–water partition coefficient (Wildman–Crippen LogP) is 1.62. The highest BCUT2D eigenvalue weighted by atomic mass is 15.3. The Hall–Kier alpha value is -1.58. The van der Waals surface area contributed by atoms with Gasteiger partial charge in [0.1, 0.15) is 5.82 Å². The lowest BCUT2D eigenvalue weighted by Crippen LogP contribution is -2.05. The Kier molecular flexibility index (Phi) is 2.85. The van der Waals surface area contributed by atoms with E-state index < -0.39 is 0 Å². The fraction of sp³-hybridized carbons (Fsp3) is 0.455. The van der Waals surface area contributed by atoms with Crippen molar-refractivity contribution in [1.82, 2.24) is 19.3 Å². The Labute approximate surface area is 89.6 Å². The van der Waals surface area contributed by atoms with E-state index in [2.05, 4.69) is 21.6 Å². The number of aryl methyl sites for hydroxylation is 2. The maximum atomic E-state index is 4.35. The number of hydrogen-bond acceptors (Lipinski definition) is 2. The summed E-state index contributed by atoms with van der Waals surface area (Å²) in [4.78, 5) is 4.34. The number of nitrogens with zero attached hydrogens (tertiary/aromatic N) is 4. The van der Waals surface area contributed by atoms with Crippen LogP contribution in [0.5, 0.6) is 0 Å². The monoisotopic (exact) mass is 204 g/mol. The number of imidazole rings is 1. The minimum atomic E-state index is 0.816. The van der Waals surface area contributed by atoms with Crippen molar-refractivity contribution < 1.29 is 0 Å². The summed E-state index contributed by atoms with van der Waals surface area (Å²) in [6.07, 6.45) is 7.98. The molecule has 0 aromatic carbocycles. The normalized spacial score (nSPS) is 10.8. The number of hydrogen-bond donors (Lipinski definition) is 0. The molecule has 0 saturated carbocycles. The molecule has 4 nitrogen and oxygen atoms in total. The third-order valence-corrected chi connectivity index (χ3v) is 2.38. The smallest absolute Gasteiger partial charge is 0.108 e. The zero-order valence-corrected chi connectivity index (χ0v) is 9.22. The molecule has 0 aliphatic heterocycles. The van der Waals surface area contributed by atoms with Gasteiger partial charge >= 0.3 is 0 Å². The third kappa shape index (κ3) is 2.26. The maximum absolute atomic E-state index is 4.35. The lowest BCUT2D eigenvalue weighted by molar-refractivity contribution is 0.669. The van der Waals surface area contributed by atoms with Gasteiger partial charge in [0.2, 0.25) is 0 Å². The molecule has 2 aromatic rings. The Morgan fingerprint density at radius 2 is 2.20 bits per heavy atom. The molecule has 0 unspecified atom stereocenters. The van der Waals surface area contributed by atoms with E-state index in [1.165, 1.54) is 0 Å². The molecule has 0 N–H and O–H groups in total. The molecular weight excluding hydrogens is 188 g/mol. The van der Waals surface area contributed by atoms with Crippen LogP contribution in [0.4, 0.5) is 0 Å². The summed E-state index contributed by atoms with van der Waals surface area (Å²) in [6.45, 7) is 2.98. The van der Waals surface area contributed by atoms with Crippen LogP contribution in [0, 0.1) is 0 Å². The highest BCUT2D eigenvalue weighted by Crippen LogP contribution is 2.05. The molecule has 80 valence electrons. The minimum absolute atomic E-state index is 0.816. The molecule has 0 aliphatic carbocycles. The van der Waals surface area contributed by atoms with Crippen LogP contribution in [-0.2, 0) is 20.0 Å². The van der Waals surface area contributed by atoms with Crippen molar-refractivity contribution in [2.75, 3.05) is 0 Å². The summed E-state index contributed by atoms with van der Waals surface area (Å²) >= 11 is 0. The second-order valence-corrected chi connectivity index (χ2v) is 3.70. The van der Waals surface area contributed by atoms with Crippen LogP contribution in [-0.4, -0.2) is 19.3 Å². The van der Waals surface area contributed by atoms with E-state index in [0.29, 0.717) is 0 Å². The SMILES string of the molecule is CCCc1nccn1Cc1ccn(C)n1. The van der Waals surface area contributed by atoms with Crippen molar-refractivity contribution in [3.8, 4) is 0 Å². The predicted molar refractivity (Wildman–Crippen MR) is 58.5 cm³/mol. The summed E-state index contributed by atoms with van der Waals surface area (Å²) in [6, 6.07) is 2.04. The van der Waals surface area contributed by atoms with Gasteiger partial charge in [-0.2, -0.15) is 5.10 Å². The van der Waals surface area contributed by atoms with Crippen molar-refractivity contribution in [3.63, 3.8) is 0 Å². The van der Waals surface area contributed by atoms with E-state index in [0.717, 1.165) is 30.9 Å². The summed E-state index contributed by atoms with van der Waals surface area (Å²) in [7, 11) is 1.93. The quantitative estimate of drug-likeness (QED) is 0.758. The molecule has 0 atom stereocenters. The topological polar surface area (TPSA) is 35.6 Å². The highest BCUT2D eigenvalue weighted by Gasteiger charge is 2.03. The summed E-state index contributed by atoms with van der Waals surface area (Å²) in [5.41, 5.74) is 1.08. The van der Waals surface area contributed by atoms with E-state index in [1.807, 2.05) is 36.4 Å². The van der Waals surface area contributed by atoms with Gasteiger partial charge in [-0.05, 0) is 12.5 Å². The third-order valence-electron chi connectivity index (χ3n) is 2.38. The zero-order chi connectivity index (χ0) is 10.7. The zero-order valence-electron chi connectivity index (χ0n) is 9.22. The van der Waals surface area contributed by atoms with E-state index in [-0.39, 0.29) is 0 Å². The molecule has 4 heteroatoms. The molecule has 0 bridgehead atoms. The van der Waals surface area contributed by atoms with Crippen LogP contribution >= 0.6 is 0 Å². The molecule has 0 aliphatic rings. The van der Waals surface area contributed by atoms with Gasteiger partial charge in [0.05, 0.1) is 12.2 Å². The second-order valence-electron chi connectivity index (χ2n) is 3.70. The number of rotatable bonds is 4. The van der Waals surface area contributed by atoms with Gasteiger partial charge < -0.3 is 4.57 Å². The summed E-state index contributed by atoms with van der Waals surface area (Å²) in [5.74, 6) is 1.14. The maximum Gasteiger partial charge on any atom is 0.108 e. The first-order valence-electron chi connectivity index (χ1n) is 5.28. The number of aromatic nitrogens is 4. The van der Waals surface area contributed by atoms with E-state index >= 15 is 0 Å². The second kappa shape index (κ2) is 4.29. The average molecular weight is 204 g/mol. The molecule has 0 radical (unpaired) electrons. The van der Waals surface area contributed by atoms with E-state index in [4.69, 9.17) is 0 Å². The van der Waals surface area contributed by atoms with Crippen LogP contribution in [0.15, 0.2) is 24.7 Å². The van der Waals surface area contributed by atoms with Crippen molar-refractivity contribution in [3.05, 3.63) is 36.2 Å². The van der Waals surface area contributed by atoms with Gasteiger partial charge in [0.25, 0.3) is 0 Å². The van der Waals surface area contributed by atoms with Gasteiger partial charge in [-0.25, -0.2) is 4.98 Å². The summed E-state index contributed by atoms with van der Waals surface area (Å²) < 4.78 is 3.98. The molecule has 2 rings (SSSR count). The van der Waals surface area contributed by atoms with E-state index in [9.17, 15) is 0 Å². The molecule has 0 fully saturated rings. The molecule has 0 saturated heterocycles. The Balaban J connectivity index is 2.13. The highest BCUT2D eigenvalue weighted by molar-refractivity contribution is 5.03. The fourth-order valence-electron chi connectivity index (χ4n) is 1.66. The Bertz CT molecular complexity index is 427. The first-order chi connectivity index (χ1) is 7.29. The van der Waals surface area contributed by atoms with Crippen molar-refractivity contribution >= 4 is 0 Å². The molecule has 0 amide bonds. The van der Waals surface area contributed by atoms with Gasteiger partial charge in [-0.1, -0.05) is 6.92 Å². The first-order valence-corrected chi connectivity index (χ1v) is 5.28. The first kappa shape index (κ1) is 9.96. The van der Waals surface area contributed by atoms with Crippen LogP contribution in [0.2, 0.25) is 0 Å². The lowest BCUT2D eigenvalue weighted by atomic mass is 10.3. The Morgan fingerprint density at radius 3 is 2.87 bits per heavy atom. The Morgan fingerprint density at radius 1 is 1.33 bits per heavy atom. The molecule has 15 heavy (non-hydrogen) atoms. The van der Waals surface area contributed by atoms with Gasteiger partial charge in [-0.15, -0.1) is 0 Å². The van der Waals surface area contributed by atoms with Crippen molar-refractivity contribution in [2.24, 2.45) is 7.05 Å². The van der Waals surface area contributed by atoms with Gasteiger partial charge in [0.15, 0.2) is 0 Å². The van der Waals surface area contributed by atoms with Crippen LogP contribution in [0.25, 0.3) is 0 Å². The largest absolute Gasteiger partial charge is 0.329 e. The lowest BCUT2D eigenvalue weighted by Gasteiger charge is -2.04. The minimum Gasteiger partial charge on any atom is -0.329 e. The molecule has 2 aromatic heterocycles. The summed E-state index contributed by atoms with van der Waals surface area (Å²) in [5, 5.41) is 4.35.